The van der Waals surface area contributed by atoms with Gasteiger partial charge in [-0.25, -0.2) is 4.39 Å². The Morgan fingerprint density at radius 3 is 2.58 bits per heavy atom. The number of nitrogens with one attached hydrogen (secondary N) is 1. The first-order valence-electron chi connectivity index (χ1n) is 10.6. The van der Waals surface area contributed by atoms with Crippen LogP contribution in [0.1, 0.15) is 24.3 Å². The quantitative estimate of drug-likeness (QED) is 0.463. The SMILES string of the molecule is Fc1ccccc1-c1nnc2ccc(N3CCC(c4c[nH]c5ccccc45)CC3)nn12. The number of hydrogen-bond donors (Lipinski definition) is 1. The van der Waals surface area contributed by atoms with Crippen molar-refractivity contribution in [1.29, 1.82) is 0 Å². The van der Waals surface area contributed by atoms with Crippen LogP contribution in [0.15, 0.2) is 66.9 Å². The number of aromatic amines is 1. The van der Waals surface area contributed by atoms with E-state index in [1.54, 1.807) is 22.7 Å². The number of benzene rings is 2. The maximum atomic E-state index is 14.3. The van der Waals surface area contributed by atoms with Gasteiger partial charge in [0.25, 0.3) is 0 Å². The van der Waals surface area contributed by atoms with Gasteiger partial charge in [-0.1, -0.05) is 30.3 Å². The average molecular weight is 412 g/mol. The average Bonchev–Trinajstić information content (AvgIpc) is 3.44. The predicted molar refractivity (Wildman–Crippen MR) is 119 cm³/mol. The standard InChI is InChI=1S/C24H21FN6/c25-20-7-3-1-6-18(20)24-28-27-22-9-10-23(29-31(22)24)30-13-11-16(12-14-30)19-15-26-21-8-4-2-5-17(19)21/h1-10,15-16,26H,11-14H2. The summed E-state index contributed by atoms with van der Waals surface area (Å²) in [6.07, 6.45) is 4.28. The highest BCUT2D eigenvalue weighted by Crippen LogP contribution is 2.34. The molecule has 4 heterocycles. The summed E-state index contributed by atoms with van der Waals surface area (Å²) in [5, 5.41) is 14.4. The van der Waals surface area contributed by atoms with Crippen LogP contribution in [-0.4, -0.2) is 37.9 Å². The van der Waals surface area contributed by atoms with Crippen LogP contribution in [0.25, 0.3) is 27.9 Å². The topological polar surface area (TPSA) is 62.1 Å². The molecule has 6 nitrogen and oxygen atoms in total. The number of rotatable bonds is 3. The van der Waals surface area contributed by atoms with Crippen molar-refractivity contribution in [1.82, 2.24) is 24.8 Å². The third-order valence-electron chi connectivity index (χ3n) is 6.24. The summed E-state index contributed by atoms with van der Waals surface area (Å²) in [5.74, 6) is 1.48. The zero-order valence-electron chi connectivity index (χ0n) is 16.9. The Kier molecular flexibility index (Phi) is 4.19. The van der Waals surface area contributed by atoms with Crippen molar-refractivity contribution in [2.75, 3.05) is 18.0 Å². The van der Waals surface area contributed by atoms with Crippen LogP contribution in [-0.2, 0) is 0 Å². The fourth-order valence-corrected chi connectivity index (χ4v) is 4.61. The second-order valence-electron chi connectivity index (χ2n) is 8.02. The van der Waals surface area contributed by atoms with Crippen molar-refractivity contribution in [3.63, 3.8) is 0 Å². The fraction of sp³-hybridized carbons (Fsp3) is 0.208. The lowest BCUT2D eigenvalue weighted by atomic mass is 9.89. The molecule has 1 aliphatic rings. The Balaban J connectivity index is 1.27. The number of nitrogens with zero attached hydrogens (tertiary/aromatic N) is 5. The molecular formula is C24H21FN6. The lowest BCUT2D eigenvalue weighted by molar-refractivity contribution is 0.503. The highest BCUT2D eigenvalue weighted by Gasteiger charge is 2.24. The molecule has 0 aliphatic carbocycles. The summed E-state index contributed by atoms with van der Waals surface area (Å²) in [6, 6.07) is 18.9. The fourth-order valence-electron chi connectivity index (χ4n) is 4.61. The molecule has 5 aromatic rings. The maximum absolute atomic E-state index is 14.3. The molecule has 0 atom stereocenters. The van der Waals surface area contributed by atoms with Gasteiger partial charge in [-0.2, -0.15) is 4.52 Å². The molecule has 1 fully saturated rings. The van der Waals surface area contributed by atoms with Gasteiger partial charge < -0.3 is 9.88 Å². The number of hydrogen-bond acceptors (Lipinski definition) is 4. The molecule has 0 saturated carbocycles. The summed E-state index contributed by atoms with van der Waals surface area (Å²) in [7, 11) is 0. The third-order valence-corrected chi connectivity index (χ3v) is 6.24. The number of H-pyrrole nitrogens is 1. The molecule has 0 radical (unpaired) electrons. The van der Waals surface area contributed by atoms with Crippen molar-refractivity contribution >= 4 is 22.4 Å². The minimum Gasteiger partial charge on any atom is -0.361 e. The normalized spacial score (nSPS) is 15.2. The van der Waals surface area contributed by atoms with Gasteiger partial charge in [0.2, 0.25) is 0 Å². The van der Waals surface area contributed by atoms with E-state index < -0.39 is 0 Å². The summed E-state index contributed by atoms with van der Waals surface area (Å²) in [5.41, 5.74) is 3.60. The zero-order valence-corrected chi connectivity index (χ0v) is 16.9. The van der Waals surface area contributed by atoms with Crippen LogP contribution >= 0.6 is 0 Å². The van der Waals surface area contributed by atoms with Crippen molar-refractivity contribution in [2.24, 2.45) is 0 Å². The lowest BCUT2D eigenvalue weighted by Gasteiger charge is -2.32. The number of para-hydroxylation sites is 1. The highest BCUT2D eigenvalue weighted by atomic mass is 19.1. The number of fused-ring (bicyclic) bond motifs is 2. The van der Waals surface area contributed by atoms with Gasteiger partial charge in [0, 0.05) is 30.2 Å². The van der Waals surface area contributed by atoms with Crippen LogP contribution in [0.3, 0.4) is 0 Å². The number of aromatic nitrogens is 5. The molecule has 1 aliphatic heterocycles. The predicted octanol–water partition coefficient (Wildman–Crippen LogP) is 4.80. The van der Waals surface area contributed by atoms with Crippen molar-refractivity contribution in [3.8, 4) is 11.4 Å². The summed E-state index contributed by atoms with van der Waals surface area (Å²) >= 11 is 0. The van der Waals surface area contributed by atoms with E-state index in [9.17, 15) is 4.39 Å². The van der Waals surface area contributed by atoms with Gasteiger partial charge in [0.15, 0.2) is 11.5 Å². The van der Waals surface area contributed by atoms with E-state index >= 15 is 0 Å². The molecule has 0 unspecified atom stereocenters. The molecule has 1 saturated heterocycles. The lowest BCUT2D eigenvalue weighted by Crippen LogP contribution is -2.33. The van der Waals surface area contributed by atoms with Gasteiger partial charge in [0.05, 0.1) is 5.56 Å². The van der Waals surface area contributed by atoms with E-state index in [4.69, 9.17) is 5.10 Å². The third kappa shape index (κ3) is 3.04. The van der Waals surface area contributed by atoms with Gasteiger partial charge >= 0.3 is 0 Å². The van der Waals surface area contributed by atoms with Crippen molar-refractivity contribution in [2.45, 2.75) is 18.8 Å². The smallest absolute Gasteiger partial charge is 0.188 e. The molecule has 6 rings (SSSR count). The molecular weight excluding hydrogens is 391 g/mol. The number of anilines is 1. The van der Waals surface area contributed by atoms with E-state index in [1.165, 1.54) is 22.5 Å². The Hall–Kier alpha value is -3.74. The molecule has 3 aromatic heterocycles. The van der Waals surface area contributed by atoms with Gasteiger partial charge in [-0.15, -0.1) is 15.3 Å². The molecule has 7 heteroatoms. The van der Waals surface area contributed by atoms with Gasteiger partial charge in [0.1, 0.15) is 11.6 Å². The maximum Gasteiger partial charge on any atom is 0.188 e. The van der Waals surface area contributed by atoms with E-state index in [-0.39, 0.29) is 5.82 Å². The van der Waals surface area contributed by atoms with E-state index in [2.05, 4.69) is 50.5 Å². The van der Waals surface area contributed by atoms with Crippen LogP contribution < -0.4 is 4.90 Å². The molecule has 1 N–H and O–H groups in total. The zero-order chi connectivity index (χ0) is 20.8. The Morgan fingerprint density at radius 2 is 1.71 bits per heavy atom. The van der Waals surface area contributed by atoms with Gasteiger partial charge in [-0.05, 0) is 54.7 Å². The Bertz CT molecular complexity index is 1380. The minimum absolute atomic E-state index is 0.330. The molecule has 0 bridgehead atoms. The number of halogens is 1. The summed E-state index contributed by atoms with van der Waals surface area (Å²) in [6.45, 7) is 1.83. The first-order chi connectivity index (χ1) is 15.3. The summed E-state index contributed by atoms with van der Waals surface area (Å²) in [4.78, 5) is 5.69. The molecule has 0 amide bonds. The van der Waals surface area contributed by atoms with Crippen molar-refractivity contribution in [3.05, 3.63) is 78.2 Å². The van der Waals surface area contributed by atoms with E-state index in [0.717, 1.165) is 31.7 Å². The van der Waals surface area contributed by atoms with Crippen LogP contribution in [0.5, 0.6) is 0 Å². The second kappa shape index (κ2) is 7.19. The van der Waals surface area contributed by atoms with Crippen molar-refractivity contribution < 1.29 is 4.39 Å². The largest absolute Gasteiger partial charge is 0.361 e. The molecule has 154 valence electrons. The molecule has 0 spiro atoms. The van der Waals surface area contributed by atoms with Crippen LogP contribution in [0, 0.1) is 5.82 Å². The Labute approximate surface area is 178 Å². The monoisotopic (exact) mass is 412 g/mol. The molecule has 2 aromatic carbocycles. The van der Waals surface area contributed by atoms with E-state index in [0.29, 0.717) is 23.0 Å². The first-order valence-corrected chi connectivity index (χ1v) is 10.6. The Morgan fingerprint density at radius 1 is 0.903 bits per heavy atom. The minimum atomic E-state index is -0.330. The summed E-state index contributed by atoms with van der Waals surface area (Å²) < 4.78 is 15.9. The van der Waals surface area contributed by atoms with Gasteiger partial charge in [-0.3, -0.25) is 0 Å². The van der Waals surface area contributed by atoms with Crippen LogP contribution in [0.4, 0.5) is 10.2 Å². The second-order valence-corrected chi connectivity index (χ2v) is 8.02. The van der Waals surface area contributed by atoms with E-state index in [1.807, 2.05) is 12.1 Å². The van der Waals surface area contributed by atoms with Crippen LogP contribution in [0.2, 0.25) is 0 Å². The number of piperidine rings is 1. The molecule has 31 heavy (non-hydrogen) atoms. The highest BCUT2D eigenvalue weighted by molar-refractivity contribution is 5.83. The first kappa shape index (κ1) is 18.1.